The lowest BCUT2D eigenvalue weighted by atomic mass is 10.1. The van der Waals surface area contributed by atoms with E-state index >= 15 is 0 Å². The Labute approximate surface area is 200 Å². The van der Waals surface area contributed by atoms with Gasteiger partial charge in [0.05, 0.1) is 18.6 Å². The number of rotatable bonds is 12. The number of piperidine rings is 1. The minimum atomic E-state index is -0.913. The molecule has 1 saturated carbocycles. The SMILES string of the molecule is CCOC(=O)c1ccc(C(O)c2ccc(N3CC4CC4C3)nc2C)n1COCCCC[SH+]C. The van der Waals surface area contributed by atoms with Crippen LogP contribution in [0.1, 0.15) is 59.7 Å². The number of aromatic nitrogens is 2. The summed E-state index contributed by atoms with van der Waals surface area (Å²) in [4.78, 5) is 19.6. The van der Waals surface area contributed by atoms with Crippen molar-refractivity contribution >= 4 is 23.5 Å². The molecule has 33 heavy (non-hydrogen) atoms. The Morgan fingerprint density at radius 1 is 1.24 bits per heavy atom. The number of aliphatic hydroxyl groups excluding tert-OH is 1. The van der Waals surface area contributed by atoms with Crippen LogP contribution in [0.5, 0.6) is 0 Å². The van der Waals surface area contributed by atoms with Gasteiger partial charge >= 0.3 is 5.97 Å². The molecule has 0 spiro atoms. The lowest BCUT2D eigenvalue weighted by Gasteiger charge is -2.22. The number of unbranched alkanes of at least 4 members (excludes halogenated alkanes) is 1. The van der Waals surface area contributed by atoms with E-state index in [1.165, 1.54) is 18.2 Å². The van der Waals surface area contributed by atoms with Crippen molar-refractivity contribution in [3.05, 3.63) is 46.9 Å². The summed E-state index contributed by atoms with van der Waals surface area (Å²) in [6.45, 7) is 6.98. The molecule has 180 valence electrons. The monoisotopic (exact) mass is 474 g/mol. The minimum absolute atomic E-state index is 0.193. The van der Waals surface area contributed by atoms with Gasteiger partial charge in [-0.15, -0.1) is 0 Å². The van der Waals surface area contributed by atoms with Crippen LogP contribution >= 0.6 is 0 Å². The average molecular weight is 475 g/mol. The highest BCUT2D eigenvalue weighted by atomic mass is 32.2. The van der Waals surface area contributed by atoms with Crippen LogP contribution < -0.4 is 4.90 Å². The molecule has 2 fully saturated rings. The first-order valence-electron chi connectivity index (χ1n) is 11.9. The van der Waals surface area contributed by atoms with Crippen molar-refractivity contribution in [1.29, 1.82) is 0 Å². The molecular formula is C25H36N3O4S+. The van der Waals surface area contributed by atoms with Gasteiger partial charge in [0.15, 0.2) is 0 Å². The van der Waals surface area contributed by atoms with Crippen LogP contribution in [0.2, 0.25) is 0 Å². The van der Waals surface area contributed by atoms with Crippen molar-refractivity contribution in [3.8, 4) is 0 Å². The molecule has 0 aromatic carbocycles. The quantitative estimate of drug-likeness (QED) is 0.220. The lowest BCUT2D eigenvalue weighted by Crippen LogP contribution is -2.23. The molecule has 3 atom stereocenters. The van der Waals surface area contributed by atoms with Crippen molar-refractivity contribution in [2.75, 3.05) is 43.2 Å². The van der Waals surface area contributed by atoms with Gasteiger partial charge in [0, 0.05) is 31.0 Å². The summed E-state index contributed by atoms with van der Waals surface area (Å²) in [5, 5.41) is 11.3. The van der Waals surface area contributed by atoms with Crippen LogP contribution in [-0.2, 0) is 28.0 Å². The third-order valence-electron chi connectivity index (χ3n) is 6.63. The van der Waals surface area contributed by atoms with Crippen LogP contribution in [0, 0.1) is 18.8 Å². The number of aryl methyl sites for hydroxylation is 1. The molecule has 1 N–H and O–H groups in total. The molecule has 1 aliphatic heterocycles. The second-order valence-corrected chi connectivity index (χ2v) is 10.1. The maximum absolute atomic E-state index is 12.5. The predicted octanol–water partition coefficient (Wildman–Crippen LogP) is 3.11. The highest BCUT2D eigenvalue weighted by molar-refractivity contribution is 7.77. The zero-order valence-corrected chi connectivity index (χ0v) is 20.8. The molecule has 4 rings (SSSR count). The Morgan fingerprint density at radius 2 is 2.03 bits per heavy atom. The predicted molar refractivity (Wildman–Crippen MR) is 132 cm³/mol. The number of carbonyl (C=O) groups is 1. The van der Waals surface area contributed by atoms with Crippen molar-refractivity contribution in [1.82, 2.24) is 9.55 Å². The number of pyridine rings is 1. The van der Waals surface area contributed by atoms with E-state index in [0.29, 0.717) is 24.6 Å². The third kappa shape index (κ3) is 5.55. The molecule has 0 radical (unpaired) electrons. The largest absolute Gasteiger partial charge is 0.461 e. The van der Waals surface area contributed by atoms with Crippen LogP contribution in [-0.4, -0.2) is 58.9 Å². The highest BCUT2D eigenvalue weighted by Gasteiger charge is 2.45. The van der Waals surface area contributed by atoms with Gasteiger partial charge in [-0.05, 0) is 74.9 Å². The maximum Gasteiger partial charge on any atom is 0.355 e. The summed E-state index contributed by atoms with van der Waals surface area (Å²) in [7, 11) is 0. The smallest absolute Gasteiger partial charge is 0.355 e. The summed E-state index contributed by atoms with van der Waals surface area (Å²) in [5.41, 5.74) is 2.52. The van der Waals surface area contributed by atoms with E-state index in [4.69, 9.17) is 14.5 Å². The number of aliphatic hydroxyl groups is 1. The molecule has 1 aliphatic carbocycles. The van der Waals surface area contributed by atoms with Crippen LogP contribution in [0.4, 0.5) is 5.82 Å². The molecule has 2 aromatic heterocycles. The number of anilines is 1. The second-order valence-electron chi connectivity index (χ2n) is 8.98. The first-order valence-corrected chi connectivity index (χ1v) is 13.5. The topological polar surface area (TPSA) is 76.8 Å². The fourth-order valence-electron chi connectivity index (χ4n) is 4.65. The Bertz CT molecular complexity index is 953. The van der Waals surface area contributed by atoms with E-state index in [9.17, 15) is 9.90 Å². The van der Waals surface area contributed by atoms with Gasteiger partial charge in [0.1, 0.15) is 30.1 Å². The normalized spacial score (nSPS) is 20.1. The zero-order valence-electron chi connectivity index (χ0n) is 19.9. The summed E-state index contributed by atoms with van der Waals surface area (Å²) < 4.78 is 12.8. The standard InChI is InChI=1S/C25H35N3O4S/c1-4-32-25(30)22-9-8-21(28(22)16-31-11-5-6-12-33-3)24(29)20-7-10-23(26-17(20)2)27-14-18-13-19(18)15-27/h7-10,18-19,24,29H,4-6,11-16H2,1-3H3/p+1. The van der Waals surface area contributed by atoms with Crippen molar-refractivity contribution in [3.63, 3.8) is 0 Å². The molecule has 0 amide bonds. The summed E-state index contributed by atoms with van der Waals surface area (Å²) >= 11 is 1.39. The van der Waals surface area contributed by atoms with Crippen LogP contribution in [0.25, 0.3) is 0 Å². The van der Waals surface area contributed by atoms with E-state index in [-0.39, 0.29) is 6.73 Å². The van der Waals surface area contributed by atoms with Gasteiger partial charge < -0.3 is 24.0 Å². The van der Waals surface area contributed by atoms with Crippen molar-refractivity contribution in [2.45, 2.75) is 45.9 Å². The number of fused-ring (bicyclic) bond motifs is 1. The van der Waals surface area contributed by atoms with E-state index in [2.05, 4.69) is 11.2 Å². The fourth-order valence-corrected chi connectivity index (χ4v) is 5.19. The first kappa shape index (κ1) is 24.1. The van der Waals surface area contributed by atoms with Gasteiger partial charge in [0.2, 0.25) is 0 Å². The van der Waals surface area contributed by atoms with Gasteiger partial charge in [-0.1, -0.05) is 6.07 Å². The minimum Gasteiger partial charge on any atom is -0.461 e. The number of hydrogen-bond donors (Lipinski definition) is 1. The Hall–Kier alpha value is -2.03. The maximum atomic E-state index is 12.5. The number of hydrogen-bond acceptors (Lipinski definition) is 6. The highest BCUT2D eigenvalue weighted by Crippen LogP contribution is 2.46. The number of nitrogens with zero attached hydrogens (tertiary/aromatic N) is 3. The van der Waals surface area contributed by atoms with E-state index in [1.54, 1.807) is 23.6 Å². The van der Waals surface area contributed by atoms with Gasteiger partial charge in [-0.2, -0.15) is 0 Å². The summed E-state index contributed by atoms with van der Waals surface area (Å²) in [5.74, 6) is 3.40. The first-order chi connectivity index (χ1) is 16.0. The number of thiol groups is 1. The Morgan fingerprint density at radius 3 is 2.73 bits per heavy atom. The van der Waals surface area contributed by atoms with E-state index in [1.807, 2.05) is 19.1 Å². The Kier molecular flexibility index (Phi) is 7.98. The third-order valence-corrected chi connectivity index (χ3v) is 7.39. The number of esters is 1. The van der Waals surface area contributed by atoms with Crippen molar-refractivity contribution < 1.29 is 19.4 Å². The molecule has 8 heteroatoms. The fraction of sp³-hybridized carbons (Fsp3) is 0.600. The Balaban J connectivity index is 1.50. The van der Waals surface area contributed by atoms with E-state index < -0.39 is 12.1 Å². The average Bonchev–Trinajstić information content (AvgIpc) is 3.20. The molecular weight excluding hydrogens is 438 g/mol. The van der Waals surface area contributed by atoms with Crippen LogP contribution in [0.15, 0.2) is 24.3 Å². The number of ether oxygens (including phenoxy) is 2. The summed E-state index contributed by atoms with van der Waals surface area (Å²) in [6, 6.07) is 7.43. The second kappa shape index (κ2) is 10.9. The molecule has 2 aromatic rings. The van der Waals surface area contributed by atoms with Gasteiger partial charge in [-0.25, -0.2) is 9.78 Å². The van der Waals surface area contributed by atoms with E-state index in [0.717, 1.165) is 60.6 Å². The molecule has 7 nitrogen and oxygen atoms in total. The van der Waals surface area contributed by atoms with Gasteiger partial charge in [-0.3, -0.25) is 0 Å². The molecule has 2 aliphatic rings. The number of carbonyl (C=O) groups excluding carboxylic acids is 1. The molecule has 3 heterocycles. The van der Waals surface area contributed by atoms with Crippen molar-refractivity contribution in [2.24, 2.45) is 11.8 Å². The molecule has 0 bridgehead atoms. The lowest BCUT2D eigenvalue weighted by molar-refractivity contribution is 0.0443. The van der Waals surface area contributed by atoms with Crippen LogP contribution in [0.3, 0.4) is 0 Å². The van der Waals surface area contributed by atoms with Gasteiger partial charge in [0.25, 0.3) is 0 Å². The molecule has 1 saturated heterocycles. The molecule has 3 unspecified atom stereocenters. The summed E-state index contributed by atoms with van der Waals surface area (Å²) in [6.07, 6.45) is 4.67. The zero-order chi connectivity index (χ0) is 23.4.